The molecule has 0 saturated heterocycles. The quantitative estimate of drug-likeness (QED) is 0.397. The molecule has 84 valence electrons. The second-order valence-electron chi connectivity index (χ2n) is 4.06. The van der Waals surface area contributed by atoms with Gasteiger partial charge in [0.1, 0.15) is 5.60 Å². The molecule has 0 rings (SSSR count). The van der Waals surface area contributed by atoms with Gasteiger partial charge >= 0.3 is 5.97 Å². The summed E-state index contributed by atoms with van der Waals surface area (Å²) in [6.45, 7) is 13.5. The lowest BCUT2D eigenvalue weighted by molar-refractivity contribution is -0.158. The summed E-state index contributed by atoms with van der Waals surface area (Å²) >= 11 is 0. The van der Waals surface area contributed by atoms with E-state index in [1.807, 2.05) is 0 Å². The fraction of sp³-hybridized carbons (Fsp3) is 0.500. The molecule has 1 atom stereocenters. The predicted octanol–water partition coefficient (Wildman–Crippen LogP) is 2.28. The van der Waals surface area contributed by atoms with Crippen LogP contribution in [0.15, 0.2) is 24.8 Å². The molecule has 0 amide bonds. The van der Waals surface area contributed by atoms with Crippen LogP contribution in [0.3, 0.4) is 0 Å². The molecule has 3 heteroatoms. The van der Waals surface area contributed by atoms with Gasteiger partial charge in [-0.25, -0.2) is 0 Å². The Morgan fingerprint density at radius 1 is 1.33 bits per heavy atom. The van der Waals surface area contributed by atoms with Gasteiger partial charge in [-0.3, -0.25) is 9.59 Å². The lowest BCUT2D eigenvalue weighted by Gasteiger charge is -2.30. The lowest BCUT2D eigenvalue weighted by atomic mass is 9.85. The van der Waals surface area contributed by atoms with Gasteiger partial charge in [0, 0.05) is 6.92 Å². The summed E-state index contributed by atoms with van der Waals surface area (Å²) in [4.78, 5) is 22.6. The molecular formula is C12H18O3. The van der Waals surface area contributed by atoms with Gasteiger partial charge in [0.05, 0.1) is 5.92 Å². The summed E-state index contributed by atoms with van der Waals surface area (Å²) in [5, 5.41) is 0. The van der Waals surface area contributed by atoms with Gasteiger partial charge in [0.25, 0.3) is 0 Å². The summed E-state index contributed by atoms with van der Waals surface area (Å²) in [5.41, 5.74) is -0.455. The van der Waals surface area contributed by atoms with Crippen LogP contribution in [0.2, 0.25) is 0 Å². The molecule has 0 fully saturated rings. The van der Waals surface area contributed by atoms with Crippen LogP contribution in [-0.4, -0.2) is 17.4 Å². The number of ketones is 1. The van der Waals surface area contributed by atoms with Gasteiger partial charge in [-0.1, -0.05) is 12.7 Å². The number of rotatable bonds is 5. The summed E-state index contributed by atoms with van der Waals surface area (Å²) in [5.74, 6) is -1.13. The van der Waals surface area contributed by atoms with Gasteiger partial charge in [-0.05, 0) is 26.3 Å². The molecule has 0 bridgehead atoms. The van der Waals surface area contributed by atoms with Crippen molar-refractivity contribution in [1.29, 1.82) is 0 Å². The van der Waals surface area contributed by atoms with Crippen LogP contribution in [-0.2, 0) is 14.3 Å². The monoisotopic (exact) mass is 210 g/mol. The van der Waals surface area contributed by atoms with Gasteiger partial charge in [0.15, 0.2) is 5.78 Å². The Kier molecular flexibility index (Phi) is 4.46. The molecule has 0 aromatic carbocycles. The highest BCUT2D eigenvalue weighted by molar-refractivity contribution is 5.98. The Labute approximate surface area is 90.8 Å². The van der Waals surface area contributed by atoms with Crippen molar-refractivity contribution in [1.82, 2.24) is 0 Å². The van der Waals surface area contributed by atoms with E-state index in [0.29, 0.717) is 5.57 Å². The van der Waals surface area contributed by atoms with E-state index in [0.717, 1.165) is 0 Å². The van der Waals surface area contributed by atoms with E-state index in [1.165, 1.54) is 13.0 Å². The average Bonchev–Trinajstić information content (AvgIpc) is 2.01. The zero-order valence-corrected chi connectivity index (χ0v) is 9.79. The number of hydrogen-bond donors (Lipinski definition) is 0. The maximum atomic E-state index is 11.7. The fourth-order valence-electron chi connectivity index (χ4n) is 1.41. The van der Waals surface area contributed by atoms with Crippen LogP contribution in [0, 0.1) is 5.92 Å². The zero-order valence-electron chi connectivity index (χ0n) is 9.79. The summed E-state index contributed by atoms with van der Waals surface area (Å²) in [6.07, 6.45) is 1.49. The number of carbonyl (C=O) groups excluding carboxylic acids is 2. The van der Waals surface area contributed by atoms with Gasteiger partial charge in [0.2, 0.25) is 0 Å². The van der Waals surface area contributed by atoms with Crippen molar-refractivity contribution in [2.75, 3.05) is 0 Å². The molecule has 0 heterocycles. The SMILES string of the molecule is C=C[C@@H](C(=O)C(=C)C)C(C)(C)OC(C)=O. The first-order chi connectivity index (χ1) is 6.72. The molecule has 0 aromatic rings. The Bertz CT molecular complexity index is 300. The molecule has 0 aliphatic carbocycles. The second-order valence-corrected chi connectivity index (χ2v) is 4.06. The van der Waals surface area contributed by atoms with Crippen molar-refractivity contribution in [3.05, 3.63) is 24.8 Å². The van der Waals surface area contributed by atoms with Crippen LogP contribution in [0.25, 0.3) is 0 Å². The van der Waals surface area contributed by atoms with Gasteiger partial charge in [-0.15, -0.1) is 6.58 Å². The van der Waals surface area contributed by atoms with Crippen molar-refractivity contribution in [3.8, 4) is 0 Å². The highest BCUT2D eigenvalue weighted by Crippen LogP contribution is 2.25. The fourth-order valence-corrected chi connectivity index (χ4v) is 1.41. The topological polar surface area (TPSA) is 43.4 Å². The molecule has 0 aliphatic rings. The minimum absolute atomic E-state index is 0.156. The highest BCUT2D eigenvalue weighted by atomic mass is 16.6. The standard InChI is InChI=1S/C12H18O3/c1-7-10(11(14)8(2)3)12(5,6)15-9(4)13/h7,10H,1-2H2,3-6H3/t10-/m0/s1. The highest BCUT2D eigenvalue weighted by Gasteiger charge is 2.35. The number of Topliss-reactive ketones (excluding diaryl/α,β-unsaturated/α-hetero) is 1. The molecule has 0 aromatic heterocycles. The summed E-state index contributed by atoms with van der Waals surface area (Å²) < 4.78 is 5.09. The molecule has 0 unspecified atom stereocenters. The number of carbonyl (C=O) groups is 2. The maximum Gasteiger partial charge on any atom is 0.303 e. The largest absolute Gasteiger partial charge is 0.459 e. The van der Waals surface area contributed by atoms with Crippen LogP contribution in [0.1, 0.15) is 27.7 Å². The van der Waals surface area contributed by atoms with Crippen LogP contribution in [0.5, 0.6) is 0 Å². The molecular weight excluding hydrogens is 192 g/mol. The number of esters is 1. The van der Waals surface area contributed by atoms with Crippen molar-refractivity contribution in [2.24, 2.45) is 5.92 Å². The summed E-state index contributed by atoms with van der Waals surface area (Å²) in [7, 11) is 0. The predicted molar refractivity (Wildman–Crippen MR) is 59.4 cm³/mol. The molecule has 0 N–H and O–H groups in total. The first-order valence-corrected chi connectivity index (χ1v) is 4.74. The first-order valence-electron chi connectivity index (χ1n) is 4.74. The normalized spacial score (nSPS) is 12.8. The minimum Gasteiger partial charge on any atom is -0.459 e. The third-order valence-corrected chi connectivity index (χ3v) is 2.09. The van der Waals surface area contributed by atoms with E-state index in [1.54, 1.807) is 20.8 Å². The van der Waals surface area contributed by atoms with E-state index in [2.05, 4.69) is 13.2 Å². The summed E-state index contributed by atoms with van der Waals surface area (Å²) in [6, 6.07) is 0. The number of hydrogen-bond acceptors (Lipinski definition) is 3. The van der Waals surface area contributed by atoms with E-state index < -0.39 is 17.5 Å². The Morgan fingerprint density at radius 3 is 2.07 bits per heavy atom. The van der Waals surface area contributed by atoms with Crippen molar-refractivity contribution in [3.63, 3.8) is 0 Å². The van der Waals surface area contributed by atoms with E-state index >= 15 is 0 Å². The molecule has 0 saturated carbocycles. The Hall–Kier alpha value is -1.38. The maximum absolute atomic E-state index is 11.7. The lowest BCUT2D eigenvalue weighted by Crippen LogP contribution is -2.39. The second kappa shape index (κ2) is 4.91. The Balaban J connectivity index is 4.95. The average molecular weight is 210 g/mol. The van der Waals surface area contributed by atoms with Crippen LogP contribution < -0.4 is 0 Å². The molecule has 15 heavy (non-hydrogen) atoms. The smallest absolute Gasteiger partial charge is 0.303 e. The van der Waals surface area contributed by atoms with E-state index in [-0.39, 0.29) is 5.78 Å². The van der Waals surface area contributed by atoms with Crippen molar-refractivity contribution < 1.29 is 14.3 Å². The molecule has 0 radical (unpaired) electrons. The Morgan fingerprint density at radius 2 is 1.80 bits per heavy atom. The van der Waals surface area contributed by atoms with Crippen molar-refractivity contribution >= 4 is 11.8 Å². The molecule has 3 nitrogen and oxygen atoms in total. The first kappa shape index (κ1) is 13.6. The van der Waals surface area contributed by atoms with Crippen LogP contribution >= 0.6 is 0 Å². The van der Waals surface area contributed by atoms with E-state index in [4.69, 9.17) is 4.74 Å². The van der Waals surface area contributed by atoms with Gasteiger partial charge in [-0.2, -0.15) is 0 Å². The molecule has 0 aliphatic heterocycles. The number of allylic oxidation sites excluding steroid dienone is 1. The zero-order chi connectivity index (χ0) is 12.2. The minimum atomic E-state index is -0.885. The molecule has 0 spiro atoms. The van der Waals surface area contributed by atoms with Crippen LogP contribution in [0.4, 0.5) is 0 Å². The third-order valence-electron chi connectivity index (χ3n) is 2.09. The van der Waals surface area contributed by atoms with E-state index in [9.17, 15) is 9.59 Å². The van der Waals surface area contributed by atoms with Crippen molar-refractivity contribution in [2.45, 2.75) is 33.3 Å². The number of ether oxygens (including phenoxy) is 1. The third kappa shape index (κ3) is 3.70. The van der Waals surface area contributed by atoms with Gasteiger partial charge < -0.3 is 4.74 Å².